The maximum Gasteiger partial charge on any atom is 0.408 e. The van der Waals surface area contributed by atoms with E-state index in [1.54, 1.807) is 18.2 Å². The van der Waals surface area contributed by atoms with Crippen molar-refractivity contribution in [1.82, 2.24) is 4.90 Å². The highest BCUT2D eigenvalue weighted by Gasteiger charge is 2.55. The fourth-order valence-corrected chi connectivity index (χ4v) is 4.17. The molecule has 1 amide bonds. The molecule has 0 atom stereocenters. The number of hydrogen-bond acceptors (Lipinski definition) is 5. The van der Waals surface area contributed by atoms with Crippen molar-refractivity contribution < 1.29 is 23.1 Å². The average Bonchev–Trinajstić information content (AvgIpc) is 3.21. The quantitative estimate of drug-likeness (QED) is 0.726. The molecule has 1 saturated carbocycles. The van der Waals surface area contributed by atoms with Gasteiger partial charge in [-0.2, -0.15) is 8.42 Å². The van der Waals surface area contributed by atoms with Crippen molar-refractivity contribution in [2.24, 2.45) is 10.1 Å². The lowest BCUT2D eigenvalue weighted by molar-refractivity contribution is 0.0399. The molecule has 1 aliphatic carbocycles. The fraction of sp³-hybridized carbons (Fsp3) is 0.500. The molecule has 1 heterocycles. The highest BCUT2D eigenvalue weighted by atomic mass is 32.2. The van der Waals surface area contributed by atoms with Gasteiger partial charge in [-0.3, -0.25) is 9.62 Å². The summed E-state index contributed by atoms with van der Waals surface area (Å²) in [6.45, 7) is 5.66. The Balaban J connectivity index is 1.87. The molecule has 10 heteroatoms. The van der Waals surface area contributed by atoms with Gasteiger partial charge in [-0.1, -0.05) is 6.07 Å². The zero-order valence-electron chi connectivity index (χ0n) is 14.8. The van der Waals surface area contributed by atoms with Gasteiger partial charge in [0.2, 0.25) is 0 Å². The Morgan fingerprint density at radius 2 is 2.08 bits per heavy atom. The van der Waals surface area contributed by atoms with Gasteiger partial charge in [0, 0.05) is 5.54 Å². The summed E-state index contributed by atoms with van der Waals surface area (Å²) in [4.78, 5) is 13.2. The number of amides is 1. The topological polar surface area (TPSA) is 134 Å². The minimum atomic E-state index is -3.87. The summed E-state index contributed by atoms with van der Waals surface area (Å²) in [6, 6.07) is 4.85. The SMILES string of the molecule is CC(C)(C)N(C(=O)O)C1(COc2cccc3c2C(N)=NS(=O)(=O)N3)CC1. The van der Waals surface area contributed by atoms with Crippen LogP contribution in [0.2, 0.25) is 0 Å². The first kappa shape index (κ1) is 18.3. The molecule has 0 aromatic heterocycles. The standard InChI is InChI=1S/C16H22N4O5S/c1-15(2,3)20(14(21)22)16(7-8-16)9-25-11-6-4-5-10-12(11)13(17)19-26(23,24)18-10/h4-6,18H,7-9H2,1-3H3,(H2,17,19)(H,21,22). The van der Waals surface area contributed by atoms with Crippen LogP contribution in [0.3, 0.4) is 0 Å². The van der Waals surface area contributed by atoms with Crippen LogP contribution in [-0.4, -0.2) is 48.0 Å². The summed E-state index contributed by atoms with van der Waals surface area (Å²) in [6.07, 6.45) is 0.395. The number of carboxylic acid groups (broad SMARTS) is 1. The lowest BCUT2D eigenvalue weighted by Crippen LogP contribution is -2.55. The Morgan fingerprint density at radius 1 is 1.42 bits per heavy atom. The highest BCUT2D eigenvalue weighted by molar-refractivity contribution is 7.91. The minimum absolute atomic E-state index is 0.146. The predicted octanol–water partition coefficient (Wildman–Crippen LogP) is 1.75. The number of fused-ring (bicyclic) bond motifs is 1. The molecule has 9 nitrogen and oxygen atoms in total. The minimum Gasteiger partial charge on any atom is -0.490 e. The Labute approximate surface area is 152 Å². The maximum absolute atomic E-state index is 11.8. The van der Waals surface area contributed by atoms with Gasteiger partial charge in [0.15, 0.2) is 5.84 Å². The van der Waals surface area contributed by atoms with Crippen molar-refractivity contribution in [2.75, 3.05) is 11.3 Å². The van der Waals surface area contributed by atoms with Crippen LogP contribution in [0, 0.1) is 0 Å². The van der Waals surface area contributed by atoms with E-state index in [0.29, 0.717) is 24.2 Å². The summed E-state index contributed by atoms with van der Waals surface area (Å²) in [5.74, 6) is 0.196. The van der Waals surface area contributed by atoms with E-state index in [1.807, 2.05) is 20.8 Å². The Hall–Kier alpha value is -2.49. The first-order chi connectivity index (χ1) is 12.0. The van der Waals surface area contributed by atoms with E-state index in [-0.39, 0.29) is 18.1 Å². The molecule has 0 radical (unpaired) electrons. The van der Waals surface area contributed by atoms with Crippen LogP contribution in [0.15, 0.2) is 22.6 Å². The predicted molar refractivity (Wildman–Crippen MR) is 96.8 cm³/mol. The van der Waals surface area contributed by atoms with Gasteiger partial charge >= 0.3 is 16.3 Å². The van der Waals surface area contributed by atoms with Gasteiger partial charge < -0.3 is 15.6 Å². The van der Waals surface area contributed by atoms with Crippen molar-refractivity contribution in [3.63, 3.8) is 0 Å². The average molecular weight is 382 g/mol. The molecule has 1 fully saturated rings. The van der Waals surface area contributed by atoms with Crippen molar-refractivity contribution >= 4 is 27.8 Å². The molecular formula is C16H22N4O5S. The first-order valence-electron chi connectivity index (χ1n) is 8.13. The molecule has 0 unspecified atom stereocenters. The highest BCUT2D eigenvalue weighted by Crippen LogP contribution is 2.46. The molecule has 3 rings (SSSR count). The van der Waals surface area contributed by atoms with E-state index in [9.17, 15) is 18.3 Å². The maximum atomic E-state index is 11.8. The third-order valence-electron chi connectivity index (χ3n) is 4.40. The number of hydrogen-bond donors (Lipinski definition) is 3. The molecule has 0 saturated heterocycles. The number of rotatable bonds is 4. The smallest absolute Gasteiger partial charge is 0.408 e. The zero-order chi connectivity index (χ0) is 19.3. The Bertz CT molecular complexity index is 884. The number of carbonyl (C=O) groups is 1. The molecule has 0 spiro atoms. The Morgan fingerprint density at radius 3 is 2.62 bits per heavy atom. The van der Waals surface area contributed by atoms with Crippen molar-refractivity contribution in [3.8, 4) is 5.75 Å². The number of ether oxygens (including phenoxy) is 1. The second-order valence-electron chi connectivity index (χ2n) is 7.53. The third-order valence-corrected chi connectivity index (χ3v) is 5.31. The molecule has 0 bridgehead atoms. The van der Waals surface area contributed by atoms with Crippen molar-refractivity contribution in [2.45, 2.75) is 44.7 Å². The van der Waals surface area contributed by atoms with Gasteiger partial charge in [-0.25, -0.2) is 4.79 Å². The summed E-state index contributed by atoms with van der Waals surface area (Å²) in [7, 11) is -3.87. The number of amidine groups is 1. The summed E-state index contributed by atoms with van der Waals surface area (Å²) < 4.78 is 34.9. The van der Waals surface area contributed by atoms with E-state index >= 15 is 0 Å². The second kappa shape index (κ2) is 5.76. The molecule has 1 aromatic rings. The number of anilines is 1. The lowest BCUT2D eigenvalue weighted by atomic mass is 10.0. The van der Waals surface area contributed by atoms with Gasteiger partial charge in [0.1, 0.15) is 12.4 Å². The lowest BCUT2D eigenvalue weighted by Gasteiger charge is -2.40. The van der Waals surface area contributed by atoms with Crippen molar-refractivity contribution in [1.29, 1.82) is 0 Å². The van der Waals surface area contributed by atoms with E-state index in [4.69, 9.17) is 10.5 Å². The number of nitrogens with two attached hydrogens (primary N) is 1. The Kier molecular flexibility index (Phi) is 4.06. The number of nitrogens with zero attached hydrogens (tertiary/aromatic N) is 2. The van der Waals surface area contributed by atoms with E-state index in [0.717, 1.165) is 0 Å². The van der Waals surface area contributed by atoms with Crippen LogP contribution < -0.4 is 15.2 Å². The largest absolute Gasteiger partial charge is 0.490 e. The number of benzene rings is 1. The molecule has 2 aliphatic rings. The molecule has 4 N–H and O–H groups in total. The molecule has 1 aromatic carbocycles. The van der Waals surface area contributed by atoms with Gasteiger partial charge in [-0.05, 0) is 45.7 Å². The second-order valence-corrected chi connectivity index (χ2v) is 8.87. The van der Waals surface area contributed by atoms with Gasteiger partial charge in [0.25, 0.3) is 0 Å². The van der Waals surface area contributed by atoms with Gasteiger partial charge in [0.05, 0.1) is 16.8 Å². The van der Waals surface area contributed by atoms with Crippen LogP contribution in [0.4, 0.5) is 10.5 Å². The van der Waals surface area contributed by atoms with Crippen LogP contribution in [0.1, 0.15) is 39.2 Å². The normalized spacial score (nSPS) is 19.6. The molecule has 1 aliphatic heterocycles. The fourth-order valence-electron chi connectivity index (χ4n) is 3.33. The molecule has 142 valence electrons. The monoisotopic (exact) mass is 382 g/mol. The van der Waals surface area contributed by atoms with Crippen LogP contribution in [0.5, 0.6) is 5.75 Å². The molecular weight excluding hydrogens is 360 g/mol. The van der Waals surface area contributed by atoms with E-state index in [1.165, 1.54) is 4.90 Å². The van der Waals surface area contributed by atoms with E-state index in [2.05, 4.69) is 9.12 Å². The van der Waals surface area contributed by atoms with Crippen molar-refractivity contribution in [3.05, 3.63) is 23.8 Å². The van der Waals surface area contributed by atoms with Crippen LogP contribution >= 0.6 is 0 Å². The summed E-state index contributed by atoms with van der Waals surface area (Å²) in [5.41, 5.74) is 5.27. The van der Waals surface area contributed by atoms with Crippen LogP contribution in [0.25, 0.3) is 0 Å². The summed E-state index contributed by atoms with van der Waals surface area (Å²) in [5, 5.41) is 9.63. The van der Waals surface area contributed by atoms with Crippen LogP contribution in [-0.2, 0) is 10.2 Å². The molecule has 26 heavy (non-hydrogen) atoms. The zero-order valence-corrected chi connectivity index (χ0v) is 15.6. The summed E-state index contributed by atoms with van der Waals surface area (Å²) >= 11 is 0. The van der Waals surface area contributed by atoms with E-state index < -0.39 is 27.4 Å². The third kappa shape index (κ3) is 3.28. The first-order valence-corrected chi connectivity index (χ1v) is 9.57. The van der Waals surface area contributed by atoms with Gasteiger partial charge in [-0.15, -0.1) is 4.40 Å². The number of nitrogens with one attached hydrogen (secondary N) is 1.